The van der Waals surface area contributed by atoms with Crippen LogP contribution >= 0.6 is 0 Å². The number of fused-ring (bicyclic) bond motifs is 6. The van der Waals surface area contributed by atoms with Crippen molar-refractivity contribution in [1.29, 1.82) is 0 Å². The molecule has 1 spiro atoms. The highest BCUT2D eigenvalue weighted by Gasteiger charge is 2.75. The molecule has 1 saturated carbocycles. The van der Waals surface area contributed by atoms with E-state index in [-0.39, 0.29) is 12.0 Å². The van der Waals surface area contributed by atoms with Crippen molar-refractivity contribution in [2.75, 3.05) is 58.9 Å². The summed E-state index contributed by atoms with van der Waals surface area (Å²) in [6.45, 7) is 7.49. The molecule has 12 heteroatoms. The molecule has 2 saturated heterocycles. The molecule has 12 nitrogen and oxygen atoms in total. The zero-order chi connectivity index (χ0) is 38.8. The number of aromatic amines is 1. The van der Waals surface area contributed by atoms with Gasteiger partial charge in [-0.25, -0.2) is 0 Å². The predicted molar refractivity (Wildman–Crippen MR) is 208 cm³/mol. The van der Waals surface area contributed by atoms with Crippen molar-refractivity contribution < 1.29 is 34.4 Å². The number of methoxy groups -OCH3 is 2. The molecule has 10 atom stereocenters. The number of likely N-dealkylation sites (N-methyl/N-ethyl adjacent to an activating group) is 1. The van der Waals surface area contributed by atoms with Crippen LogP contribution in [0.25, 0.3) is 10.9 Å². The third-order valence-corrected chi connectivity index (χ3v) is 15.0. The van der Waals surface area contributed by atoms with Gasteiger partial charge >= 0.3 is 5.97 Å². The van der Waals surface area contributed by atoms with Crippen LogP contribution in [0.2, 0.25) is 0 Å². The molecule has 2 bridgehead atoms. The van der Waals surface area contributed by atoms with Crippen molar-refractivity contribution in [3.8, 4) is 5.75 Å². The monoisotopic (exact) mass is 753 g/mol. The second kappa shape index (κ2) is 12.5. The van der Waals surface area contributed by atoms with E-state index in [1.807, 2.05) is 50.1 Å². The van der Waals surface area contributed by atoms with E-state index in [1.54, 1.807) is 7.11 Å². The number of anilines is 1. The summed E-state index contributed by atoms with van der Waals surface area (Å²) in [5.41, 5.74) is 6.77. The molecule has 6 aliphatic rings. The number of para-hydroxylation sites is 1. The molecule has 0 radical (unpaired) electrons. The maximum atomic E-state index is 15.2. The van der Waals surface area contributed by atoms with Crippen LogP contribution in [-0.2, 0) is 31.6 Å². The SMILES string of the molecule is CCC1=CCN2CC[C@]34c5cc([C@@]6(C(=O)OC)CC7CN(CCc8c6[nH]c6ccccc86)CC(O)(CC)C7)c(OC)cc5N(C)[C@H]3C(O)(C(N)=O)[C@H](O)C1[C@@H]24. The number of carbonyl (C=O) groups is 2. The van der Waals surface area contributed by atoms with E-state index in [0.29, 0.717) is 69.5 Å². The highest BCUT2D eigenvalue weighted by Crippen LogP contribution is 2.65. The van der Waals surface area contributed by atoms with E-state index in [1.165, 1.54) is 7.11 Å². The molecule has 6 N–H and O–H groups in total. The maximum absolute atomic E-state index is 15.2. The summed E-state index contributed by atoms with van der Waals surface area (Å²) in [4.78, 5) is 39.2. The maximum Gasteiger partial charge on any atom is 0.322 e. The second-order valence-corrected chi connectivity index (χ2v) is 17.4. The molecule has 1 aliphatic carbocycles. The Balaban J connectivity index is 1.35. The lowest BCUT2D eigenvalue weighted by molar-refractivity contribution is -0.180. The standard InChI is InChI=1S/C43H55N5O7/c1-6-25-12-16-48-17-14-41-28-18-29(32(54-4)19-31(28)46(3)37(41)43(53,38(44)50)36(49)33(25)35(41)48)42(39(51)55-5)21-24-20-40(52,7-2)23-47(22-24)15-13-27-26-10-8-9-11-30(26)45-34(27)42/h8-12,18-19,24,33,35-37,45,49,52-53H,6-7,13-17,20-23H2,1-5H3,(H2,44,50)/t24?,33?,35-,36-,37-,40?,41-,42+,43?/m1/s1. The van der Waals surface area contributed by atoms with Crippen LogP contribution in [0.5, 0.6) is 5.75 Å². The number of aliphatic hydroxyl groups excluding tert-OH is 1. The number of esters is 1. The summed E-state index contributed by atoms with van der Waals surface area (Å²) < 4.78 is 12.2. The Morgan fingerprint density at radius 3 is 2.56 bits per heavy atom. The first kappa shape index (κ1) is 36.7. The Labute approximate surface area is 322 Å². The largest absolute Gasteiger partial charge is 0.496 e. The number of hydrogen-bond acceptors (Lipinski definition) is 10. The molecule has 6 heterocycles. The third kappa shape index (κ3) is 4.69. The lowest BCUT2D eigenvalue weighted by Gasteiger charge is -2.59. The van der Waals surface area contributed by atoms with Gasteiger partial charge in [-0.05, 0) is 74.2 Å². The van der Waals surface area contributed by atoms with Gasteiger partial charge in [0.2, 0.25) is 0 Å². The van der Waals surface area contributed by atoms with Crippen molar-refractivity contribution in [1.82, 2.24) is 14.8 Å². The van der Waals surface area contributed by atoms with Crippen LogP contribution in [0.15, 0.2) is 48.0 Å². The zero-order valence-electron chi connectivity index (χ0n) is 32.6. The number of rotatable bonds is 6. The Hall–Kier alpha value is -3.94. The first-order valence-corrected chi connectivity index (χ1v) is 20.0. The summed E-state index contributed by atoms with van der Waals surface area (Å²) in [7, 11) is 4.90. The van der Waals surface area contributed by atoms with Crippen LogP contribution in [0.4, 0.5) is 5.69 Å². The number of benzene rings is 2. The van der Waals surface area contributed by atoms with E-state index in [9.17, 15) is 20.1 Å². The van der Waals surface area contributed by atoms with Crippen molar-refractivity contribution >= 4 is 28.5 Å². The van der Waals surface area contributed by atoms with Crippen LogP contribution < -0.4 is 15.4 Å². The number of nitrogens with two attached hydrogens (primary N) is 1. The number of piperidine rings is 1. The van der Waals surface area contributed by atoms with Crippen LogP contribution in [0.3, 0.4) is 0 Å². The normalized spacial score (nSPS) is 37.8. The molecular weight excluding hydrogens is 699 g/mol. The Bertz CT molecular complexity index is 2120. The number of aromatic nitrogens is 1. The number of H-pyrrole nitrogens is 1. The van der Waals surface area contributed by atoms with Crippen molar-refractivity contribution in [3.63, 3.8) is 0 Å². The lowest BCUT2D eigenvalue weighted by atomic mass is 9.52. The number of ether oxygens (including phenoxy) is 2. The molecule has 55 heavy (non-hydrogen) atoms. The number of nitrogens with zero attached hydrogens (tertiary/aromatic N) is 3. The minimum atomic E-state index is -2.28. The Kier molecular flexibility index (Phi) is 8.36. The molecule has 1 aromatic heterocycles. The number of nitrogens with one attached hydrogen (secondary N) is 1. The van der Waals surface area contributed by atoms with Crippen LogP contribution in [0, 0.1) is 11.8 Å². The molecule has 5 aliphatic heterocycles. The number of hydrogen-bond donors (Lipinski definition) is 5. The second-order valence-electron chi connectivity index (χ2n) is 17.4. The molecule has 1 amide bonds. The van der Waals surface area contributed by atoms with Gasteiger partial charge < -0.3 is 40.4 Å². The average Bonchev–Trinajstić information content (AvgIpc) is 3.84. The fourth-order valence-corrected chi connectivity index (χ4v) is 12.8. The number of aliphatic hydroxyl groups is 3. The molecule has 294 valence electrons. The number of primary amides is 1. The van der Waals surface area contributed by atoms with Gasteiger partial charge in [-0.3, -0.25) is 19.4 Å². The number of carbonyl (C=O) groups excluding carboxylic acids is 2. The summed E-state index contributed by atoms with van der Waals surface area (Å²) in [6.07, 6.45) is 4.12. The molecule has 2 aromatic carbocycles. The third-order valence-electron chi connectivity index (χ3n) is 15.0. The van der Waals surface area contributed by atoms with Crippen molar-refractivity contribution in [2.45, 2.75) is 92.6 Å². The van der Waals surface area contributed by atoms with Crippen LogP contribution in [-0.4, -0.2) is 125 Å². The summed E-state index contributed by atoms with van der Waals surface area (Å²) >= 11 is 0. The first-order chi connectivity index (χ1) is 26.3. The van der Waals surface area contributed by atoms with Gasteiger partial charge in [0.05, 0.1) is 25.9 Å². The van der Waals surface area contributed by atoms with E-state index in [0.717, 1.165) is 52.1 Å². The fourth-order valence-electron chi connectivity index (χ4n) is 12.8. The minimum Gasteiger partial charge on any atom is -0.496 e. The van der Waals surface area contributed by atoms with Crippen molar-refractivity contribution in [2.24, 2.45) is 17.6 Å². The highest BCUT2D eigenvalue weighted by molar-refractivity contribution is 5.95. The lowest BCUT2D eigenvalue weighted by Crippen LogP contribution is -2.78. The van der Waals surface area contributed by atoms with E-state index < -0.39 is 52.0 Å². The van der Waals surface area contributed by atoms with E-state index in [2.05, 4.69) is 33.0 Å². The molecule has 3 fully saturated rings. The Morgan fingerprint density at radius 1 is 1.07 bits per heavy atom. The topological polar surface area (TPSA) is 165 Å². The van der Waals surface area contributed by atoms with Crippen LogP contribution in [0.1, 0.15) is 68.3 Å². The molecule has 3 aromatic rings. The molecular formula is C43H55N5O7. The van der Waals surface area contributed by atoms with Gasteiger partial charge in [-0.15, -0.1) is 0 Å². The summed E-state index contributed by atoms with van der Waals surface area (Å²) in [5, 5.41) is 37.7. The number of amides is 1. The minimum absolute atomic E-state index is 0.0755. The summed E-state index contributed by atoms with van der Waals surface area (Å²) in [6, 6.07) is 11.1. The summed E-state index contributed by atoms with van der Waals surface area (Å²) in [5.74, 6) is -1.51. The quantitative estimate of drug-likeness (QED) is 0.187. The van der Waals surface area contributed by atoms with Gasteiger partial charge in [0.15, 0.2) is 5.60 Å². The fraction of sp³-hybridized carbons (Fsp3) is 0.581. The van der Waals surface area contributed by atoms with Gasteiger partial charge in [-0.1, -0.05) is 43.7 Å². The first-order valence-electron chi connectivity index (χ1n) is 20.0. The van der Waals surface area contributed by atoms with E-state index in [4.69, 9.17) is 15.2 Å². The van der Waals surface area contributed by atoms with Gasteiger partial charge in [-0.2, -0.15) is 0 Å². The van der Waals surface area contributed by atoms with Gasteiger partial charge in [0.25, 0.3) is 5.91 Å². The van der Waals surface area contributed by atoms with E-state index >= 15 is 4.79 Å². The Morgan fingerprint density at radius 2 is 1.85 bits per heavy atom. The highest BCUT2D eigenvalue weighted by atomic mass is 16.5. The van der Waals surface area contributed by atoms with Gasteiger partial charge in [0.1, 0.15) is 17.3 Å². The molecule has 5 unspecified atom stereocenters. The van der Waals surface area contributed by atoms with Crippen molar-refractivity contribution in [3.05, 3.63) is 70.4 Å². The average molecular weight is 754 g/mol. The van der Waals surface area contributed by atoms with Gasteiger partial charge in [0, 0.05) is 84.5 Å². The predicted octanol–water partition coefficient (Wildman–Crippen LogP) is 2.73. The molecule has 9 rings (SSSR count). The zero-order valence-corrected chi connectivity index (χ0v) is 32.6. The smallest absolute Gasteiger partial charge is 0.322 e.